The molecule has 9 heteroatoms. The maximum Gasteiger partial charge on any atom is 0.337 e. The van der Waals surface area contributed by atoms with Crippen molar-refractivity contribution >= 4 is 17.8 Å². The number of esters is 2. The molecule has 3 rings (SSSR count). The summed E-state index contributed by atoms with van der Waals surface area (Å²) in [5, 5.41) is 9.80. The largest absolute Gasteiger partial charge is 0.469 e. The van der Waals surface area contributed by atoms with E-state index >= 15 is 0 Å². The van der Waals surface area contributed by atoms with Crippen molar-refractivity contribution in [1.82, 2.24) is 4.90 Å². The Morgan fingerprint density at radius 3 is 2.57 bits per heavy atom. The number of ether oxygens (including phenoxy) is 3. The van der Waals surface area contributed by atoms with Crippen molar-refractivity contribution in [3.63, 3.8) is 0 Å². The number of likely N-dealkylation sites (N-methyl/N-ethyl adjacent to an activating group) is 1. The van der Waals surface area contributed by atoms with E-state index in [4.69, 9.17) is 15.2 Å². The first-order valence-corrected chi connectivity index (χ1v) is 8.19. The zero-order valence-corrected chi connectivity index (χ0v) is 15.4. The van der Waals surface area contributed by atoms with Crippen molar-refractivity contribution in [3.05, 3.63) is 52.6 Å². The lowest BCUT2D eigenvalue weighted by molar-refractivity contribution is -0.140. The Morgan fingerprint density at radius 1 is 1.29 bits per heavy atom. The lowest BCUT2D eigenvalue weighted by Gasteiger charge is -2.34. The van der Waals surface area contributed by atoms with E-state index in [2.05, 4.69) is 4.74 Å². The summed E-state index contributed by atoms with van der Waals surface area (Å²) in [6.45, 7) is 0. The van der Waals surface area contributed by atoms with Gasteiger partial charge in [0, 0.05) is 18.3 Å². The molecule has 2 N–H and O–H groups in total. The van der Waals surface area contributed by atoms with Gasteiger partial charge in [0.25, 0.3) is 0 Å². The quantitative estimate of drug-likeness (QED) is 0.745. The molecule has 0 aromatic heterocycles. The molecule has 144 valence electrons. The molecule has 0 saturated heterocycles. The van der Waals surface area contributed by atoms with Crippen LogP contribution < -0.4 is 10.5 Å². The minimum Gasteiger partial charge on any atom is -0.469 e. The molecule has 1 aromatic rings. The molecule has 1 aromatic carbocycles. The van der Waals surface area contributed by atoms with E-state index in [0.717, 1.165) is 12.0 Å². The molecule has 0 radical (unpaired) electrons. The summed E-state index contributed by atoms with van der Waals surface area (Å²) in [5.74, 6) is -2.23. The fourth-order valence-electron chi connectivity index (χ4n) is 3.63. The third kappa shape index (κ3) is 2.35. The average Bonchev–Trinajstić information content (AvgIpc) is 2.90. The number of benzene rings is 1. The van der Waals surface area contributed by atoms with Crippen LogP contribution in [0.3, 0.4) is 0 Å². The zero-order chi connectivity index (χ0) is 20.6. The van der Waals surface area contributed by atoms with Crippen LogP contribution in [0.5, 0.6) is 5.75 Å². The summed E-state index contributed by atoms with van der Waals surface area (Å²) in [5.41, 5.74) is 3.99. The number of nitrogens with two attached hydrogens (primary N) is 1. The minimum absolute atomic E-state index is 0.0703. The normalized spacial score (nSPS) is 20.6. The van der Waals surface area contributed by atoms with Crippen LogP contribution in [0.2, 0.25) is 0 Å². The SMILES string of the molecule is COC(=O)CC1=C(C(=O)OC)[C@@]2(C(=O)N1C)C(C#N)=C(N)Oc1ccccc12. The first-order chi connectivity index (χ1) is 13.3. The van der Waals surface area contributed by atoms with Gasteiger partial charge in [-0.15, -0.1) is 0 Å². The standard InChI is InChI=1S/C19H17N3O6/c1-22-12(8-14(23)26-2)15(17(24)27-3)19(18(22)25)10-6-4-5-7-13(10)28-16(21)11(19)9-20/h4-7H,8,21H2,1-3H3/t19-/m0/s1. The van der Waals surface area contributed by atoms with Crippen molar-refractivity contribution < 1.29 is 28.6 Å². The minimum atomic E-state index is -1.88. The second kappa shape index (κ2) is 6.74. The van der Waals surface area contributed by atoms with Crippen LogP contribution >= 0.6 is 0 Å². The fourth-order valence-corrected chi connectivity index (χ4v) is 3.63. The molecule has 2 heterocycles. The van der Waals surface area contributed by atoms with Gasteiger partial charge in [-0.25, -0.2) is 4.79 Å². The second-order valence-electron chi connectivity index (χ2n) is 6.13. The number of hydrogen-bond acceptors (Lipinski definition) is 8. The number of para-hydroxylation sites is 1. The van der Waals surface area contributed by atoms with E-state index in [9.17, 15) is 19.6 Å². The molecule has 9 nitrogen and oxygen atoms in total. The highest BCUT2D eigenvalue weighted by Crippen LogP contribution is 2.53. The summed E-state index contributed by atoms with van der Waals surface area (Å²) >= 11 is 0. The van der Waals surface area contributed by atoms with Gasteiger partial charge in [0.1, 0.15) is 17.4 Å². The number of carbonyl (C=O) groups excluding carboxylic acids is 3. The predicted molar refractivity (Wildman–Crippen MR) is 94.0 cm³/mol. The number of nitrogens with zero attached hydrogens (tertiary/aromatic N) is 2. The third-order valence-electron chi connectivity index (χ3n) is 4.87. The summed E-state index contributed by atoms with van der Waals surface area (Å²) in [6, 6.07) is 8.34. The van der Waals surface area contributed by atoms with E-state index in [-0.39, 0.29) is 40.5 Å². The van der Waals surface area contributed by atoms with E-state index in [1.54, 1.807) is 24.3 Å². The van der Waals surface area contributed by atoms with E-state index in [0.29, 0.717) is 0 Å². The van der Waals surface area contributed by atoms with E-state index in [1.807, 2.05) is 6.07 Å². The maximum absolute atomic E-state index is 13.5. The average molecular weight is 383 g/mol. The van der Waals surface area contributed by atoms with Gasteiger partial charge >= 0.3 is 11.9 Å². The van der Waals surface area contributed by atoms with Crippen molar-refractivity contribution in [1.29, 1.82) is 5.26 Å². The Kier molecular flexibility index (Phi) is 4.56. The molecule has 0 saturated carbocycles. The molecule has 1 spiro atoms. The first-order valence-electron chi connectivity index (χ1n) is 8.19. The fraction of sp³-hybridized carbons (Fsp3) is 0.263. The van der Waals surface area contributed by atoms with Crippen LogP contribution in [0.25, 0.3) is 0 Å². The van der Waals surface area contributed by atoms with Gasteiger partial charge in [0.15, 0.2) is 5.41 Å². The van der Waals surface area contributed by atoms with Crippen LogP contribution in [-0.4, -0.2) is 44.0 Å². The lowest BCUT2D eigenvalue weighted by atomic mass is 9.68. The van der Waals surface area contributed by atoms with Crippen LogP contribution in [0.4, 0.5) is 0 Å². The van der Waals surface area contributed by atoms with Crippen molar-refractivity contribution in [2.24, 2.45) is 5.73 Å². The van der Waals surface area contributed by atoms with Gasteiger partial charge in [-0.3, -0.25) is 9.59 Å². The molecule has 2 aliphatic rings. The molecule has 0 fully saturated rings. The molecular weight excluding hydrogens is 366 g/mol. The third-order valence-corrected chi connectivity index (χ3v) is 4.87. The number of hydrogen-bond donors (Lipinski definition) is 1. The van der Waals surface area contributed by atoms with Gasteiger partial charge in [0.05, 0.1) is 26.2 Å². The van der Waals surface area contributed by atoms with Gasteiger partial charge in [-0.05, 0) is 6.07 Å². The molecular formula is C19H17N3O6. The van der Waals surface area contributed by atoms with Gasteiger partial charge in [0.2, 0.25) is 11.8 Å². The summed E-state index contributed by atoms with van der Waals surface area (Å²) < 4.78 is 15.1. The highest BCUT2D eigenvalue weighted by atomic mass is 16.5. The Bertz CT molecular complexity index is 1000. The number of methoxy groups -OCH3 is 2. The second-order valence-corrected chi connectivity index (χ2v) is 6.13. The topological polar surface area (TPSA) is 132 Å². The molecule has 1 atom stereocenters. The van der Waals surface area contributed by atoms with Gasteiger partial charge < -0.3 is 24.8 Å². The predicted octanol–water partition coefficient (Wildman–Crippen LogP) is 0.473. The van der Waals surface area contributed by atoms with Crippen molar-refractivity contribution in [2.45, 2.75) is 11.8 Å². The Balaban J connectivity index is 2.45. The monoisotopic (exact) mass is 383 g/mol. The van der Waals surface area contributed by atoms with Gasteiger partial charge in [-0.1, -0.05) is 18.2 Å². The lowest BCUT2D eigenvalue weighted by Crippen LogP contribution is -2.46. The molecule has 0 bridgehead atoms. The van der Waals surface area contributed by atoms with Crippen LogP contribution in [0, 0.1) is 11.3 Å². The van der Waals surface area contributed by atoms with Crippen molar-refractivity contribution in [2.75, 3.05) is 21.3 Å². The number of fused-ring (bicyclic) bond motifs is 2. The molecule has 2 aliphatic heterocycles. The van der Waals surface area contributed by atoms with E-state index < -0.39 is 23.3 Å². The number of carbonyl (C=O) groups is 3. The van der Waals surface area contributed by atoms with Gasteiger partial charge in [-0.2, -0.15) is 5.26 Å². The highest BCUT2D eigenvalue weighted by Gasteiger charge is 2.62. The molecule has 28 heavy (non-hydrogen) atoms. The van der Waals surface area contributed by atoms with Crippen molar-refractivity contribution in [3.8, 4) is 11.8 Å². The first kappa shape index (κ1) is 19.0. The van der Waals surface area contributed by atoms with Crippen LogP contribution in [0.15, 0.2) is 47.0 Å². The molecule has 0 unspecified atom stereocenters. The van der Waals surface area contributed by atoms with Crippen LogP contribution in [0.1, 0.15) is 12.0 Å². The van der Waals surface area contributed by atoms with Crippen LogP contribution in [-0.2, 0) is 29.3 Å². The summed E-state index contributed by atoms with van der Waals surface area (Å²) in [6.07, 6.45) is -0.368. The maximum atomic E-state index is 13.5. The number of rotatable bonds is 3. The molecule has 0 aliphatic carbocycles. The number of amides is 1. The van der Waals surface area contributed by atoms with E-state index in [1.165, 1.54) is 14.2 Å². The Morgan fingerprint density at radius 2 is 1.96 bits per heavy atom. The molecule has 1 amide bonds. The smallest absolute Gasteiger partial charge is 0.337 e. The highest BCUT2D eigenvalue weighted by molar-refractivity contribution is 6.13. The Labute approximate surface area is 160 Å². The zero-order valence-electron chi connectivity index (χ0n) is 15.4. The summed E-state index contributed by atoms with van der Waals surface area (Å²) in [7, 11) is 3.74. The summed E-state index contributed by atoms with van der Waals surface area (Å²) in [4.78, 5) is 39.4. The Hall–Kier alpha value is -3.80. The number of nitriles is 1.